The molecule has 1 saturated heterocycles. The van der Waals surface area contributed by atoms with Crippen LogP contribution in [0, 0.1) is 0 Å². The van der Waals surface area contributed by atoms with Crippen molar-refractivity contribution in [3.05, 3.63) is 70.8 Å². The van der Waals surface area contributed by atoms with Gasteiger partial charge in [-0.25, -0.2) is 0 Å². The lowest BCUT2D eigenvalue weighted by atomic mass is 9.87. The molecule has 2 aromatic carbocycles. The van der Waals surface area contributed by atoms with Gasteiger partial charge in [0, 0.05) is 26.2 Å². The molecule has 2 aromatic rings. The molecule has 0 N–H and O–H groups in total. The van der Waals surface area contributed by atoms with Gasteiger partial charge < -0.3 is 9.80 Å². The van der Waals surface area contributed by atoms with Crippen LogP contribution in [0.4, 0.5) is 0 Å². The third kappa shape index (κ3) is 2.73. The van der Waals surface area contributed by atoms with Crippen molar-refractivity contribution >= 4 is 5.91 Å². The van der Waals surface area contributed by atoms with E-state index in [1.807, 2.05) is 0 Å². The summed E-state index contributed by atoms with van der Waals surface area (Å²) in [6, 6.07) is 17.0. The summed E-state index contributed by atoms with van der Waals surface area (Å²) in [6.45, 7) is 3.58. The standard InChI is InChI=1S/C21H24N2O/c1-22-12-14-23(15-13-22)21(24)20-18-8-4-2-6-16(18)10-11-17-7-3-5-9-19(17)20/h2-9,20H,10-15H2,1H3. The Hall–Kier alpha value is -2.13. The minimum atomic E-state index is -0.150. The van der Waals surface area contributed by atoms with Crippen molar-refractivity contribution in [2.45, 2.75) is 18.8 Å². The lowest BCUT2D eigenvalue weighted by Crippen LogP contribution is -2.48. The molecule has 4 rings (SSSR count). The van der Waals surface area contributed by atoms with Crippen LogP contribution in [0.1, 0.15) is 28.2 Å². The maximum absolute atomic E-state index is 13.4. The second-order valence-corrected chi connectivity index (χ2v) is 6.96. The Labute approximate surface area is 143 Å². The SMILES string of the molecule is CN1CCN(C(=O)C2c3ccccc3CCc3ccccc32)CC1. The third-order valence-corrected chi connectivity index (χ3v) is 5.46. The van der Waals surface area contributed by atoms with Gasteiger partial charge in [-0.2, -0.15) is 0 Å². The number of nitrogens with zero attached hydrogens (tertiary/aromatic N) is 2. The minimum Gasteiger partial charge on any atom is -0.339 e. The predicted octanol–water partition coefficient (Wildman–Crippen LogP) is 2.69. The van der Waals surface area contributed by atoms with E-state index in [1.165, 1.54) is 22.3 Å². The highest BCUT2D eigenvalue weighted by Gasteiger charge is 2.33. The molecule has 1 aliphatic carbocycles. The van der Waals surface area contributed by atoms with E-state index in [2.05, 4.69) is 65.4 Å². The van der Waals surface area contributed by atoms with Crippen LogP contribution in [0.3, 0.4) is 0 Å². The zero-order valence-corrected chi connectivity index (χ0v) is 14.2. The first-order chi connectivity index (χ1) is 11.7. The molecular weight excluding hydrogens is 296 g/mol. The third-order valence-electron chi connectivity index (χ3n) is 5.46. The van der Waals surface area contributed by atoms with Gasteiger partial charge in [0.15, 0.2) is 0 Å². The normalized spacial score (nSPS) is 18.6. The maximum atomic E-state index is 13.4. The summed E-state index contributed by atoms with van der Waals surface area (Å²) in [4.78, 5) is 17.8. The Bertz CT molecular complexity index is 700. The monoisotopic (exact) mass is 320 g/mol. The molecule has 24 heavy (non-hydrogen) atoms. The average Bonchev–Trinajstić information content (AvgIpc) is 2.79. The molecule has 0 saturated carbocycles. The van der Waals surface area contributed by atoms with Gasteiger partial charge in [-0.1, -0.05) is 48.5 Å². The second-order valence-electron chi connectivity index (χ2n) is 6.96. The number of fused-ring (bicyclic) bond motifs is 2. The Kier molecular flexibility index (Phi) is 4.11. The second kappa shape index (κ2) is 6.40. The molecule has 1 heterocycles. The largest absolute Gasteiger partial charge is 0.339 e. The van der Waals surface area contributed by atoms with Gasteiger partial charge >= 0.3 is 0 Å². The Morgan fingerprint density at radius 1 is 0.833 bits per heavy atom. The summed E-state index contributed by atoms with van der Waals surface area (Å²) in [6.07, 6.45) is 2.03. The lowest BCUT2D eigenvalue weighted by molar-refractivity contribution is -0.133. The van der Waals surface area contributed by atoms with Crippen molar-refractivity contribution in [1.82, 2.24) is 9.80 Å². The molecule has 3 nitrogen and oxygen atoms in total. The maximum Gasteiger partial charge on any atom is 0.234 e. The molecule has 0 radical (unpaired) electrons. The van der Waals surface area contributed by atoms with Gasteiger partial charge in [-0.05, 0) is 42.1 Å². The van der Waals surface area contributed by atoms with Crippen LogP contribution in [0.25, 0.3) is 0 Å². The molecule has 2 aliphatic rings. The molecular formula is C21H24N2O. The molecule has 0 aromatic heterocycles. The Morgan fingerprint density at radius 2 is 1.33 bits per heavy atom. The van der Waals surface area contributed by atoms with Crippen molar-refractivity contribution in [1.29, 1.82) is 0 Å². The number of likely N-dealkylation sites (N-methyl/N-ethyl adjacent to an activating group) is 1. The number of aryl methyl sites for hydroxylation is 2. The summed E-state index contributed by atoms with van der Waals surface area (Å²) in [7, 11) is 2.12. The van der Waals surface area contributed by atoms with Crippen LogP contribution >= 0.6 is 0 Å². The summed E-state index contributed by atoms with van der Waals surface area (Å²) in [5.74, 6) is 0.119. The van der Waals surface area contributed by atoms with E-state index in [4.69, 9.17) is 0 Å². The zero-order valence-electron chi connectivity index (χ0n) is 14.2. The summed E-state index contributed by atoms with van der Waals surface area (Å²) in [5, 5.41) is 0. The van der Waals surface area contributed by atoms with E-state index < -0.39 is 0 Å². The van der Waals surface area contributed by atoms with Crippen molar-refractivity contribution in [3.63, 3.8) is 0 Å². The molecule has 0 unspecified atom stereocenters. The highest BCUT2D eigenvalue weighted by atomic mass is 16.2. The van der Waals surface area contributed by atoms with E-state index in [1.54, 1.807) is 0 Å². The number of amides is 1. The molecule has 3 heteroatoms. The zero-order chi connectivity index (χ0) is 16.5. The van der Waals surface area contributed by atoms with Gasteiger partial charge in [-0.3, -0.25) is 4.79 Å². The van der Waals surface area contributed by atoms with Gasteiger partial charge in [-0.15, -0.1) is 0 Å². The van der Waals surface area contributed by atoms with Crippen LogP contribution < -0.4 is 0 Å². The first-order valence-corrected chi connectivity index (χ1v) is 8.87. The molecule has 1 aliphatic heterocycles. The number of carbonyl (C=O) groups excluding carboxylic acids is 1. The average molecular weight is 320 g/mol. The van der Waals surface area contributed by atoms with E-state index in [-0.39, 0.29) is 11.8 Å². The number of benzene rings is 2. The highest BCUT2D eigenvalue weighted by Crippen LogP contribution is 2.35. The van der Waals surface area contributed by atoms with Gasteiger partial charge in [0.25, 0.3) is 0 Å². The first kappa shape index (κ1) is 15.4. The number of carbonyl (C=O) groups is 1. The number of rotatable bonds is 1. The molecule has 0 atom stereocenters. The topological polar surface area (TPSA) is 23.6 Å². The van der Waals surface area contributed by atoms with Crippen LogP contribution in [-0.4, -0.2) is 48.9 Å². The van der Waals surface area contributed by atoms with Crippen LogP contribution in [0.2, 0.25) is 0 Å². The summed E-state index contributed by atoms with van der Waals surface area (Å²) >= 11 is 0. The lowest BCUT2D eigenvalue weighted by Gasteiger charge is -2.35. The molecule has 124 valence electrons. The van der Waals surface area contributed by atoms with Crippen molar-refractivity contribution in [2.24, 2.45) is 0 Å². The van der Waals surface area contributed by atoms with E-state index in [0.717, 1.165) is 39.0 Å². The van der Waals surface area contributed by atoms with Crippen molar-refractivity contribution < 1.29 is 4.79 Å². The number of hydrogen-bond acceptors (Lipinski definition) is 2. The summed E-state index contributed by atoms with van der Waals surface area (Å²) in [5.41, 5.74) is 5.04. The number of hydrogen-bond donors (Lipinski definition) is 0. The van der Waals surface area contributed by atoms with Crippen LogP contribution in [0.15, 0.2) is 48.5 Å². The smallest absolute Gasteiger partial charge is 0.234 e. The van der Waals surface area contributed by atoms with Crippen molar-refractivity contribution in [2.75, 3.05) is 33.2 Å². The fraction of sp³-hybridized carbons (Fsp3) is 0.381. The molecule has 1 fully saturated rings. The van der Waals surface area contributed by atoms with E-state index >= 15 is 0 Å². The van der Waals surface area contributed by atoms with Crippen molar-refractivity contribution in [3.8, 4) is 0 Å². The first-order valence-electron chi connectivity index (χ1n) is 8.87. The molecule has 0 spiro atoms. The van der Waals surface area contributed by atoms with Gasteiger partial charge in [0.05, 0.1) is 5.92 Å². The fourth-order valence-electron chi connectivity index (χ4n) is 4.00. The van der Waals surface area contributed by atoms with Gasteiger partial charge in [0.2, 0.25) is 5.91 Å². The quantitative estimate of drug-likeness (QED) is 0.806. The highest BCUT2D eigenvalue weighted by molar-refractivity contribution is 5.88. The summed E-state index contributed by atoms with van der Waals surface area (Å²) < 4.78 is 0. The molecule has 1 amide bonds. The minimum absolute atomic E-state index is 0.150. The predicted molar refractivity (Wildman–Crippen MR) is 96.2 cm³/mol. The Balaban J connectivity index is 1.77. The van der Waals surface area contributed by atoms with Crippen LogP contribution in [-0.2, 0) is 17.6 Å². The van der Waals surface area contributed by atoms with E-state index in [9.17, 15) is 4.79 Å². The fourth-order valence-corrected chi connectivity index (χ4v) is 4.00. The number of piperazine rings is 1. The van der Waals surface area contributed by atoms with Crippen LogP contribution in [0.5, 0.6) is 0 Å². The van der Waals surface area contributed by atoms with Gasteiger partial charge in [0.1, 0.15) is 0 Å². The Morgan fingerprint density at radius 3 is 1.88 bits per heavy atom. The van der Waals surface area contributed by atoms with E-state index in [0.29, 0.717) is 0 Å². The molecule has 0 bridgehead atoms.